The van der Waals surface area contributed by atoms with Crippen molar-refractivity contribution >= 4 is 53.1 Å². The molecule has 26 nitrogen and oxygen atoms in total. The van der Waals surface area contributed by atoms with Crippen LogP contribution in [0.1, 0.15) is 218 Å². The summed E-state index contributed by atoms with van der Waals surface area (Å²) in [6.07, 6.45) is 9.08. The third kappa shape index (κ3) is 30.5. The van der Waals surface area contributed by atoms with E-state index in [1.165, 1.54) is 20.3 Å². The van der Waals surface area contributed by atoms with Gasteiger partial charge in [0.2, 0.25) is 0 Å². The van der Waals surface area contributed by atoms with E-state index < -0.39 is 36.2 Å². The largest absolute Gasteiger partial charge is 1.00 e. The first-order valence-corrected chi connectivity index (χ1v) is 50.8. The Kier molecular flexibility index (Phi) is 43.5. The maximum atomic E-state index is 12.3. The van der Waals surface area contributed by atoms with Crippen LogP contribution in [0.5, 0.6) is 86.2 Å². The molecule has 147 heavy (non-hydrogen) atoms. The van der Waals surface area contributed by atoms with Gasteiger partial charge in [-0.3, -0.25) is 0 Å². The fourth-order valence-electron chi connectivity index (χ4n) is 16.4. The summed E-state index contributed by atoms with van der Waals surface area (Å²) in [4.78, 5) is 36.1. The second kappa shape index (κ2) is 56.1. The van der Waals surface area contributed by atoms with E-state index in [1.54, 1.807) is 66.7 Å². The van der Waals surface area contributed by atoms with Gasteiger partial charge in [-0.2, -0.15) is 0 Å². The maximum absolute atomic E-state index is 12.3. The minimum absolute atomic E-state index is 0. The number of ether oxygens (including phenoxy) is 13. The van der Waals surface area contributed by atoms with Crippen LogP contribution in [-0.2, 0) is 70.5 Å². The first kappa shape index (κ1) is 114. The number of methoxy groups -OCH3 is 2. The van der Waals surface area contributed by atoms with Gasteiger partial charge in [0.1, 0.15) is 128 Å². The normalized spacial score (nSPS) is 12.0. The van der Waals surface area contributed by atoms with Crippen LogP contribution in [0, 0.1) is 45.1 Å². The Balaban J connectivity index is 0.000000202. The molecule has 1 saturated heterocycles. The number of hydrogen-bond donors (Lipinski definition) is 1. The molecule has 1 N–H and O–H groups in total. The molecule has 0 atom stereocenters. The van der Waals surface area contributed by atoms with Crippen LogP contribution in [0.15, 0.2) is 238 Å². The van der Waals surface area contributed by atoms with Gasteiger partial charge in [0.15, 0.2) is 0 Å². The van der Waals surface area contributed by atoms with Crippen molar-refractivity contribution in [1.29, 1.82) is 0 Å². The zero-order chi connectivity index (χ0) is 104. The molecule has 1 aliphatic rings. The van der Waals surface area contributed by atoms with E-state index in [0.717, 1.165) is 173 Å². The van der Waals surface area contributed by atoms with E-state index in [2.05, 4.69) is 113 Å². The molecule has 0 amide bonds. The molecule has 11 aromatic carbocycles. The molecule has 1 fully saturated rings. The number of aromatic carboxylic acids is 1. The standard InChI is InChI=1S/C41H49BO8.C40H43NO7.C32H35NO7.C5H6INO.Na/c1-8-17-31-34(22-15-23-35(31)48-36-21-14-13-20-32(36)39(43)44-7)45-24-16-25-46-37-27-38(47-28-29-18-11-10-12-19-29)33(26-30(37)9-2)42-49-40(3,4)41(5,6)50-42;1-6-15-31-34(20-13-21-35(31)47-36-19-12-11-18-32(36)40(42)43-5)44-22-14-23-45-37-25-38(46-26-29-16-9-8-10-17-29)33(24-30(37)7-2)39-27(3)41-48-28(39)4;1-5-11-23-27(14-9-15-28(23)39-29-13-8-7-12-24(29)32(35)36)37-16-10-17-38-30-19-26(34)25(18-22(30)6-2)31-20(3)33-40-21(31)4;1-3-5(6)4(2)8-7-3;/h10-15,18-23,26-27H,8-9,16-17,24-25,28H2,1-7H3;8-13,16-21,24-25H,6-7,14-15,22-23,26H2,1-5H3;7-9,12-15,18-19,34H,5-6,10-11,16-17H2,1-4H3,(H,35,36);1-2H3;/q;;;;+1/p-1. The fourth-order valence-corrected chi connectivity index (χ4v) is 16.6. The topological polar surface area (TPSA) is 311 Å². The molecule has 0 unspecified atom stereocenters. The number of nitrogens with zero attached hydrogens (tertiary/aromatic N) is 3. The summed E-state index contributed by atoms with van der Waals surface area (Å²) in [6.45, 7) is 35.6. The van der Waals surface area contributed by atoms with Crippen molar-refractivity contribution in [2.75, 3.05) is 53.9 Å². The van der Waals surface area contributed by atoms with Gasteiger partial charge in [-0.25, -0.2) is 9.59 Å². The van der Waals surface area contributed by atoms with Crippen LogP contribution >= 0.6 is 22.6 Å². The Morgan fingerprint density at radius 3 is 1.05 bits per heavy atom. The van der Waals surface area contributed by atoms with Crippen molar-refractivity contribution < 1.29 is 139 Å². The summed E-state index contributed by atoms with van der Waals surface area (Å²) in [7, 11) is 2.15. The van der Waals surface area contributed by atoms with Gasteiger partial charge in [-0.1, -0.05) is 198 Å². The van der Waals surface area contributed by atoms with Crippen LogP contribution in [0.4, 0.5) is 0 Å². The van der Waals surface area contributed by atoms with Gasteiger partial charge in [-0.15, -0.1) is 0 Å². The number of carboxylic acids is 1. The quantitative estimate of drug-likeness (QED) is 0.0160. The van der Waals surface area contributed by atoms with Crippen molar-refractivity contribution in [1.82, 2.24) is 15.5 Å². The minimum Gasteiger partial charge on any atom is -0.545 e. The number of carbonyl (C=O) groups is 3. The zero-order valence-corrected chi connectivity index (χ0v) is 91.9. The number of phenols is 1. The van der Waals surface area contributed by atoms with Crippen LogP contribution in [-0.4, -0.2) is 111 Å². The molecular formula is C118H132BIN3NaO23. The molecule has 0 aliphatic carbocycles. The van der Waals surface area contributed by atoms with E-state index in [0.29, 0.717) is 153 Å². The van der Waals surface area contributed by atoms with E-state index in [4.69, 9.17) is 84.5 Å². The third-order valence-electron chi connectivity index (χ3n) is 24.7. The number of benzene rings is 11. The molecule has 29 heteroatoms. The number of rotatable bonds is 45. The van der Waals surface area contributed by atoms with Crippen molar-refractivity contribution in [2.24, 2.45) is 0 Å². The number of aromatic hydroxyl groups is 1. The summed E-state index contributed by atoms with van der Waals surface area (Å²) in [5.74, 6) is 8.90. The molecule has 14 aromatic rings. The van der Waals surface area contributed by atoms with Gasteiger partial charge in [0.25, 0.3) is 0 Å². The molecule has 1 aliphatic heterocycles. The number of phenolic OH excluding ortho intramolecular Hbond substituents is 1. The van der Waals surface area contributed by atoms with Crippen molar-refractivity contribution in [2.45, 2.75) is 212 Å². The zero-order valence-electron chi connectivity index (χ0n) is 87.7. The van der Waals surface area contributed by atoms with E-state index in [1.807, 2.05) is 188 Å². The predicted octanol–water partition coefficient (Wildman–Crippen LogP) is 23.1. The number of carboxylic acid groups (broad SMARTS) is 1. The summed E-state index contributed by atoms with van der Waals surface area (Å²) in [6, 6.07) is 69.4. The monoisotopic (exact) mass is 2120 g/mol. The number of aryl methyl sites for hydroxylation is 9. The van der Waals surface area contributed by atoms with Crippen LogP contribution in [0.3, 0.4) is 0 Å². The number of aromatic nitrogens is 3. The van der Waals surface area contributed by atoms with Gasteiger partial charge >= 0.3 is 48.6 Å². The summed E-state index contributed by atoms with van der Waals surface area (Å²) >= 11 is 2.21. The van der Waals surface area contributed by atoms with E-state index in [9.17, 15) is 24.6 Å². The van der Waals surface area contributed by atoms with Gasteiger partial charge in [-0.05, 0) is 243 Å². The van der Waals surface area contributed by atoms with E-state index >= 15 is 0 Å². The number of hydrogen-bond acceptors (Lipinski definition) is 26. The van der Waals surface area contributed by atoms with Crippen molar-refractivity contribution in [3.8, 4) is 108 Å². The Hall–Kier alpha value is -13.2. The molecule has 768 valence electrons. The Bertz CT molecular complexity index is 6580. The molecular weight excluding hydrogens is 1990 g/mol. The maximum Gasteiger partial charge on any atom is 1.00 e. The second-order valence-electron chi connectivity index (χ2n) is 35.8. The molecule has 3 aromatic heterocycles. The first-order chi connectivity index (χ1) is 70.5. The number of carbonyl (C=O) groups excluding carboxylic acids is 3. The summed E-state index contributed by atoms with van der Waals surface area (Å²) in [5.41, 5.74) is 14.5. The average molecular weight is 2120 g/mol. The molecule has 0 spiro atoms. The Labute approximate surface area is 898 Å². The van der Waals surface area contributed by atoms with Gasteiger partial charge < -0.3 is 99.5 Å². The number of para-hydroxylation sites is 3. The second-order valence-corrected chi connectivity index (χ2v) is 36.9. The molecule has 0 radical (unpaired) electrons. The molecule has 15 rings (SSSR count). The first-order valence-electron chi connectivity index (χ1n) is 49.7. The van der Waals surface area contributed by atoms with E-state index in [-0.39, 0.29) is 46.6 Å². The smallest absolute Gasteiger partial charge is 0.545 e. The van der Waals surface area contributed by atoms with Crippen molar-refractivity contribution in [3.05, 3.63) is 324 Å². The Morgan fingerprint density at radius 1 is 0.367 bits per heavy atom. The van der Waals surface area contributed by atoms with Crippen LogP contribution in [0.2, 0.25) is 0 Å². The number of halogens is 1. The van der Waals surface area contributed by atoms with Gasteiger partial charge in [0.05, 0.1) is 103 Å². The third-order valence-corrected chi connectivity index (χ3v) is 26.3. The summed E-state index contributed by atoms with van der Waals surface area (Å²) in [5, 5.41) is 34.1. The number of esters is 2. The molecule has 4 heterocycles. The SMILES string of the molecule is CCCc1c(OCCCOc2cc(O)c(-c3c(C)noc3C)cc2CC)cccc1Oc1ccccc1C(=O)[O-].CCCc1c(OCCCOc2cc(OCc3ccccc3)c(-c3c(C)noc3C)cc2CC)cccc1Oc1ccccc1C(=O)OC.CCCc1c(OCCCOc2cc(OCc3ccccc3)c(B3OC(C)(C)C(C)(C)O3)cc2CC)cccc1Oc1ccccc1C(=O)OC.Cc1noc(C)c1I.[Na+]. The van der Waals surface area contributed by atoms with Crippen molar-refractivity contribution in [3.63, 3.8) is 0 Å². The minimum atomic E-state index is -1.29. The van der Waals surface area contributed by atoms with Crippen LogP contribution in [0.25, 0.3) is 22.3 Å². The molecule has 0 saturated carbocycles. The molecule has 0 bridgehead atoms. The fraction of sp³-hybridized carbons (Fsp3) is 0.339. The average Bonchev–Trinajstić information content (AvgIpc) is 1.61. The summed E-state index contributed by atoms with van der Waals surface area (Å²) < 4.78 is 108. The van der Waals surface area contributed by atoms with Gasteiger partial charge in [0, 0.05) is 76.3 Å². The van der Waals surface area contributed by atoms with Crippen LogP contribution < -0.4 is 92.2 Å². The Morgan fingerprint density at radius 2 is 0.694 bits per heavy atom. The predicted molar refractivity (Wildman–Crippen MR) is 570 cm³/mol.